The summed E-state index contributed by atoms with van der Waals surface area (Å²) in [6.45, 7) is 3.28. The Hall–Kier alpha value is -3.84. The molecule has 0 unspecified atom stereocenters. The lowest BCUT2D eigenvalue weighted by Gasteiger charge is -2.37. The number of urea groups is 1. The lowest BCUT2D eigenvalue weighted by atomic mass is 9.83. The molecular weight excluding hydrogens is 428 g/mol. The standard InChI is InChI=1S/C27H28N4O3/c32-24-13-11-23(12-14-24)30-17-15-29(16-18-30)20-31-25(33)27(28-26(31)34,22-9-5-2-6-10-22)19-21-7-3-1-4-8-21/h1-14,32H,15-20H2,(H,28,34)/t27-/m0/s1. The molecule has 3 aromatic rings. The average Bonchev–Trinajstić information content (AvgIpc) is 3.11. The molecular formula is C27H28N4O3. The van der Waals surface area contributed by atoms with Crippen LogP contribution in [0.25, 0.3) is 0 Å². The van der Waals surface area contributed by atoms with Gasteiger partial charge in [0.05, 0.1) is 6.67 Å². The maximum atomic E-state index is 13.8. The van der Waals surface area contributed by atoms with Gasteiger partial charge < -0.3 is 15.3 Å². The van der Waals surface area contributed by atoms with Gasteiger partial charge in [-0.2, -0.15) is 0 Å². The second kappa shape index (κ2) is 9.19. The van der Waals surface area contributed by atoms with Crippen molar-refractivity contribution in [2.45, 2.75) is 12.0 Å². The Kier molecular flexibility index (Phi) is 5.94. The summed E-state index contributed by atoms with van der Waals surface area (Å²) < 4.78 is 0. The van der Waals surface area contributed by atoms with Crippen molar-refractivity contribution in [2.75, 3.05) is 37.7 Å². The van der Waals surface area contributed by atoms with E-state index in [0.29, 0.717) is 6.42 Å². The van der Waals surface area contributed by atoms with Crippen LogP contribution in [-0.4, -0.2) is 59.7 Å². The number of imide groups is 1. The van der Waals surface area contributed by atoms with Crippen molar-refractivity contribution in [2.24, 2.45) is 0 Å². The Morgan fingerprint density at radius 1 is 0.794 bits per heavy atom. The molecule has 0 radical (unpaired) electrons. The Bertz CT molecular complexity index is 1150. The van der Waals surface area contributed by atoms with E-state index in [0.717, 1.165) is 43.0 Å². The van der Waals surface area contributed by atoms with E-state index in [4.69, 9.17) is 0 Å². The smallest absolute Gasteiger partial charge is 0.326 e. The highest BCUT2D eigenvalue weighted by atomic mass is 16.3. The first kappa shape index (κ1) is 22.0. The van der Waals surface area contributed by atoms with Crippen LogP contribution in [-0.2, 0) is 16.8 Å². The molecule has 2 aliphatic heterocycles. The van der Waals surface area contributed by atoms with E-state index in [2.05, 4.69) is 15.1 Å². The summed E-state index contributed by atoms with van der Waals surface area (Å²) in [5.74, 6) is 0.0341. The molecule has 0 aliphatic carbocycles. The zero-order valence-corrected chi connectivity index (χ0v) is 18.9. The van der Waals surface area contributed by atoms with Gasteiger partial charge in [-0.25, -0.2) is 9.69 Å². The van der Waals surface area contributed by atoms with Crippen molar-refractivity contribution in [1.82, 2.24) is 15.1 Å². The number of rotatable bonds is 6. The number of hydrogen-bond donors (Lipinski definition) is 2. The summed E-state index contributed by atoms with van der Waals surface area (Å²) >= 11 is 0. The molecule has 1 atom stereocenters. The molecule has 2 fully saturated rings. The van der Waals surface area contributed by atoms with Crippen LogP contribution < -0.4 is 10.2 Å². The number of anilines is 1. The Labute approximate surface area is 199 Å². The predicted molar refractivity (Wildman–Crippen MR) is 130 cm³/mol. The number of carbonyl (C=O) groups excluding carboxylic acids is 2. The van der Waals surface area contributed by atoms with Gasteiger partial charge in [0.15, 0.2) is 5.54 Å². The van der Waals surface area contributed by atoms with Gasteiger partial charge in [0.2, 0.25) is 0 Å². The topological polar surface area (TPSA) is 76.1 Å². The van der Waals surface area contributed by atoms with Crippen LogP contribution in [0.2, 0.25) is 0 Å². The minimum absolute atomic E-state index is 0.214. The highest BCUT2D eigenvalue weighted by Crippen LogP contribution is 2.33. The third-order valence-electron chi connectivity index (χ3n) is 6.68. The fourth-order valence-electron chi connectivity index (χ4n) is 4.81. The number of piperazine rings is 1. The van der Waals surface area contributed by atoms with E-state index in [9.17, 15) is 14.7 Å². The van der Waals surface area contributed by atoms with E-state index in [1.165, 1.54) is 4.90 Å². The van der Waals surface area contributed by atoms with Gasteiger partial charge in [0.1, 0.15) is 5.75 Å². The largest absolute Gasteiger partial charge is 0.508 e. The molecule has 7 heteroatoms. The van der Waals surface area contributed by atoms with E-state index in [1.807, 2.05) is 72.8 Å². The summed E-state index contributed by atoms with van der Waals surface area (Å²) in [4.78, 5) is 32.6. The van der Waals surface area contributed by atoms with Gasteiger partial charge >= 0.3 is 6.03 Å². The van der Waals surface area contributed by atoms with Crippen molar-refractivity contribution in [3.63, 3.8) is 0 Å². The van der Waals surface area contributed by atoms with Crippen molar-refractivity contribution in [3.05, 3.63) is 96.1 Å². The number of amides is 3. The molecule has 2 heterocycles. The quantitative estimate of drug-likeness (QED) is 0.558. The number of phenolic OH excluding ortho intramolecular Hbond substituents is 1. The molecule has 174 valence electrons. The average molecular weight is 457 g/mol. The van der Waals surface area contributed by atoms with Crippen LogP contribution in [0, 0.1) is 0 Å². The van der Waals surface area contributed by atoms with Crippen molar-refractivity contribution in [1.29, 1.82) is 0 Å². The molecule has 0 aromatic heterocycles. The molecule has 3 amide bonds. The summed E-state index contributed by atoms with van der Waals surface area (Å²) in [5.41, 5.74) is 1.72. The third kappa shape index (κ3) is 4.22. The second-order valence-electron chi connectivity index (χ2n) is 8.86. The predicted octanol–water partition coefficient (Wildman–Crippen LogP) is 3.16. The van der Waals surface area contributed by atoms with E-state index in [-0.39, 0.29) is 24.4 Å². The first-order valence-corrected chi connectivity index (χ1v) is 11.5. The van der Waals surface area contributed by atoms with Crippen LogP contribution >= 0.6 is 0 Å². The minimum atomic E-state index is -1.12. The van der Waals surface area contributed by atoms with E-state index < -0.39 is 5.54 Å². The highest BCUT2D eigenvalue weighted by Gasteiger charge is 2.52. The number of nitrogens with one attached hydrogen (secondary N) is 1. The van der Waals surface area contributed by atoms with Gasteiger partial charge in [-0.1, -0.05) is 60.7 Å². The lowest BCUT2D eigenvalue weighted by molar-refractivity contribution is -0.133. The van der Waals surface area contributed by atoms with Crippen LogP contribution in [0.3, 0.4) is 0 Å². The zero-order valence-electron chi connectivity index (χ0n) is 18.9. The molecule has 5 rings (SSSR count). The Morgan fingerprint density at radius 2 is 1.41 bits per heavy atom. The maximum absolute atomic E-state index is 13.8. The second-order valence-corrected chi connectivity index (χ2v) is 8.86. The SMILES string of the molecule is O=C1N[C@@](Cc2ccccc2)(c2ccccc2)C(=O)N1CN1CCN(c2ccc(O)cc2)CC1. The summed E-state index contributed by atoms with van der Waals surface area (Å²) in [6.07, 6.45) is 0.396. The van der Waals surface area contributed by atoms with Gasteiger partial charge in [-0.3, -0.25) is 9.69 Å². The molecule has 34 heavy (non-hydrogen) atoms. The van der Waals surface area contributed by atoms with Gasteiger partial charge in [-0.05, 0) is 35.4 Å². The monoisotopic (exact) mass is 456 g/mol. The molecule has 0 bridgehead atoms. The molecule has 0 spiro atoms. The Balaban J connectivity index is 1.32. The normalized spacial score (nSPS) is 21.1. The maximum Gasteiger partial charge on any atom is 0.326 e. The van der Waals surface area contributed by atoms with Crippen LogP contribution in [0.1, 0.15) is 11.1 Å². The van der Waals surface area contributed by atoms with E-state index in [1.54, 1.807) is 12.1 Å². The van der Waals surface area contributed by atoms with Crippen LogP contribution in [0.15, 0.2) is 84.9 Å². The first-order valence-electron chi connectivity index (χ1n) is 11.5. The minimum Gasteiger partial charge on any atom is -0.508 e. The summed E-state index contributed by atoms with van der Waals surface area (Å²) in [6, 6.07) is 26.1. The van der Waals surface area contributed by atoms with Crippen LogP contribution in [0.5, 0.6) is 5.75 Å². The lowest BCUT2D eigenvalue weighted by Crippen LogP contribution is -2.52. The number of hydrogen-bond acceptors (Lipinski definition) is 5. The van der Waals surface area contributed by atoms with Crippen molar-refractivity contribution in [3.8, 4) is 5.75 Å². The molecule has 2 N–H and O–H groups in total. The molecule has 2 saturated heterocycles. The van der Waals surface area contributed by atoms with Crippen molar-refractivity contribution < 1.29 is 14.7 Å². The molecule has 2 aliphatic rings. The fourth-order valence-corrected chi connectivity index (χ4v) is 4.81. The molecule has 3 aromatic carbocycles. The number of phenols is 1. The zero-order chi connectivity index (χ0) is 23.5. The van der Waals surface area contributed by atoms with Crippen LogP contribution in [0.4, 0.5) is 10.5 Å². The summed E-state index contributed by atoms with van der Waals surface area (Å²) in [5, 5.41) is 12.6. The van der Waals surface area contributed by atoms with Gasteiger partial charge in [0.25, 0.3) is 5.91 Å². The highest BCUT2D eigenvalue weighted by molar-refractivity contribution is 6.07. The van der Waals surface area contributed by atoms with Gasteiger partial charge in [-0.15, -0.1) is 0 Å². The first-order chi connectivity index (χ1) is 16.5. The Morgan fingerprint density at radius 3 is 2.06 bits per heavy atom. The molecule has 0 saturated carbocycles. The van der Waals surface area contributed by atoms with Crippen molar-refractivity contribution >= 4 is 17.6 Å². The number of carbonyl (C=O) groups is 2. The number of nitrogens with zero attached hydrogens (tertiary/aromatic N) is 3. The fraction of sp³-hybridized carbons (Fsp3) is 0.259. The van der Waals surface area contributed by atoms with Gasteiger partial charge in [0, 0.05) is 38.3 Å². The molecule has 7 nitrogen and oxygen atoms in total. The van der Waals surface area contributed by atoms with E-state index >= 15 is 0 Å². The number of benzene rings is 3. The third-order valence-corrected chi connectivity index (χ3v) is 6.68. The number of aromatic hydroxyl groups is 1. The summed E-state index contributed by atoms with van der Waals surface area (Å²) in [7, 11) is 0.